The molecule has 0 aliphatic carbocycles. The normalized spacial score (nSPS) is 11.1. The molecule has 4 aromatic rings. The summed E-state index contributed by atoms with van der Waals surface area (Å²) in [4.78, 5) is 23.7. The van der Waals surface area contributed by atoms with E-state index < -0.39 is 5.82 Å². The number of rotatable bonds is 3. The van der Waals surface area contributed by atoms with Gasteiger partial charge < -0.3 is 4.98 Å². The van der Waals surface area contributed by atoms with Crippen LogP contribution in [-0.2, 0) is 6.42 Å². The molecule has 0 unspecified atom stereocenters. The minimum Gasteiger partial charge on any atom is -0.310 e. The van der Waals surface area contributed by atoms with E-state index in [0.717, 1.165) is 16.2 Å². The highest BCUT2D eigenvalue weighted by atomic mass is 79.9. The number of aromatic amines is 1. The Hall–Kier alpha value is -2.87. The van der Waals surface area contributed by atoms with Crippen LogP contribution in [0.3, 0.4) is 0 Å². The summed E-state index contributed by atoms with van der Waals surface area (Å²) in [7, 11) is 0. The lowest BCUT2D eigenvalue weighted by Crippen LogP contribution is -2.12. The van der Waals surface area contributed by atoms with Gasteiger partial charge in [-0.3, -0.25) is 4.79 Å². The van der Waals surface area contributed by atoms with Crippen molar-refractivity contribution in [3.63, 3.8) is 0 Å². The Morgan fingerprint density at radius 1 is 1.20 bits per heavy atom. The number of nitrogens with one attached hydrogen (secondary N) is 1. The van der Waals surface area contributed by atoms with E-state index in [0.29, 0.717) is 29.0 Å². The van der Waals surface area contributed by atoms with Crippen molar-refractivity contribution in [1.29, 1.82) is 0 Å². The highest BCUT2D eigenvalue weighted by molar-refractivity contribution is 9.10. The molecule has 4 rings (SSSR count). The van der Waals surface area contributed by atoms with Crippen molar-refractivity contribution >= 4 is 26.8 Å². The molecule has 0 aliphatic rings. The van der Waals surface area contributed by atoms with Crippen molar-refractivity contribution in [2.75, 3.05) is 0 Å². The quantitative estimate of drug-likeness (QED) is 0.574. The molecule has 0 amide bonds. The Labute approximate surface area is 149 Å². The zero-order chi connectivity index (χ0) is 17.4. The lowest BCUT2D eigenvalue weighted by atomic mass is 10.2. The van der Waals surface area contributed by atoms with E-state index in [4.69, 9.17) is 0 Å². The van der Waals surface area contributed by atoms with E-state index in [1.165, 1.54) is 10.9 Å². The summed E-state index contributed by atoms with van der Waals surface area (Å²) in [5.41, 5.74) is 1.33. The topological polar surface area (TPSA) is 76.5 Å². The van der Waals surface area contributed by atoms with Crippen molar-refractivity contribution in [3.8, 4) is 5.82 Å². The second-order valence-corrected chi connectivity index (χ2v) is 6.39. The highest BCUT2D eigenvalue weighted by Gasteiger charge is 2.07. The first kappa shape index (κ1) is 15.6. The summed E-state index contributed by atoms with van der Waals surface area (Å²) < 4.78 is 15.2. The zero-order valence-electron chi connectivity index (χ0n) is 12.8. The van der Waals surface area contributed by atoms with Crippen LogP contribution in [0.25, 0.3) is 16.7 Å². The van der Waals surface area contributed by atoms with Gasteiger partial charge in [-0.05, 0) is 29.8 Å². The third kappa shape index (κ3) is 3.20. The van der Waals surface area contributed by atoms with Crippen LogP contribution in [0.2, 0.25) is 0 Å². The molecule has 0 fully saturated rings. The van der Waals surface area contributed by atoms with Gasteiger partial charge in [0.15, 0.2) is 11.6 Å². The van der Waals surface area contributed by atoms with Gasteiger partial charge >= 0.3 is 0 Å². The third-order valence-corrected chi connectivity index (χ3v) is 4.18. The molecule has 6 nitrogen and oxygen atoms in total. The molecule has 0 bridgehead atoms. The molecule has 1 aromatic carbocycles. The molecule has 0 atom stereocenters. The summed E-state index contributed by atoms with van der Waals surface area (Å²) in [6.45, 7) is 0. The molecule has 8 heteroatoms. The first-order valence-corrected chi connectivity index (χ1v) is 8.22. The number of benzene rings is 1. The van der Waals surface area contributed by atoms with Crippen LogP contribution in [0.1, 0.15) is 11.4 Å². The molecule has 0 spiro atoms. The Kier molecular flexibility index (Phi) is 3.89. The van der Waals surface area contributed by atoms with Gasteiger partial charge in [-0.1, -0.05) is 22.0 Å². The smallest absolute Gasteiger partial charge is 0.258 e. The minimum absolute atomic E-state index is 0.183. The average Bonchev–Trinajstić information content (AvgIpc) is 3.03. The summed E-state index contributed by atoms with van der Waals surface area (Å²) in [6, 6.07) is 8.96. The summed E-state index contributed by atoms with van der Waals surface area (Å²) in [5, 5.41) is 4.40. The first-order valence-electron chi connectivity index (χ1n) is 7.42. The number of fused-ring (bicyclic) bond motifs is 1. The van der Waals surface area contributed by atoms with E-state index >= 15 is 0 Å². The Morgan fingerprint density at radius 2 is 2.08 bits per heavy atom. The number of aromatic nitrogens is 5. The number of halogens is 2. The summed E-state index contributed by atoms with van der Waals surface area (Å²) in [5.74, 6) is 0.646. The largest absolute Gasteiger partial charge is 0.310 e. The standard InChI is InChI=1S/C17H11BrFN5O/c18-11-2-3-14-13(6-11)17(25)23-15(22-14)5-10-1-4-16(20-7-10)24-9-12(19)8-21-24/h1-4,6-9H,5H2,(H,22,23,25). The number of pyridine rings is 1. The molecule has 0 aliphatic heterocycles. The number of hydrogen-bond acceptors (Lipinski definition) is 4. The number of nitrogens with zero attached hydrogens (tertiary/aromatic N) is 4. The second-order valence-electron chi connectivity index (χ2n) is 5.48. The zero-order valence-corrected chi connectivity index (χ0v) is 14.4. The molecule has 1 N–H and O–H groups in total. The molecule has 0 radical (unpaired) electrons. The van der Waals surface area contributed by atoms with E-state index in [-0.39, 0.29) is 5.56 Å². The lowest BCUT2D eigenvalue weighted by molar-refractivity contribution is 0.627. The molecular formula is C17H11BrFN5O. The average molecular weight is 400 g/mol. The van der Waals surface area contributed by atoms with Crippen molar-refractivity contribution < 1.29 is 4.39 Å². The van der Waals surface area contributed by atoms with Gasteiger partial charge in [0.2, 0.25) is 0 Å². The predicted octanol–water partition coefficient (Wildman–Crippen LogP) is 3.00. The fourth-order valence-corrected chi connectivity index (χ4v) is 2.88. The summed E-state index contributed by atoms with van der Waals surface area (Å²) in [6.07, 6.45) is 4.46. The lowest BCUT2D eigenvalue weighted by Gasteiger charge is -2.05. The van der Waals surface area contributed by atoms with Gasteiger partial charge in [0.05, 0.1) is 23.3 Å². The Bertz CT molecular complexity index is 1120. The fourth-order valence-electron chi connectivity index (χ4n) is 2.52. The maximum absolute atomic E-state index is 13.0. The van der Waals surface area contributed by atoms with Gasteiger partial charge in [0, 0.05) is 17.1 Å². The monoisotopic (exact) mass is 399 g/mol. The second kappa shape index (κ2) is 6.21. The van der Waals surface area contributed by atoms with Crippen LogP contribution in [0, 0.1) is 5.82 Å². The molecular weight excluding hydrogens is 389 g/mol. The Morgan fingerprint density at radius 3 is 2.80 bits per heavy atom. The van der Waals surface area contributed by atoms with Gasteiger partial charge in [0.25, 0.3) is 5.56 Å². The fraction of sp³-hybridized carbons (Fsp3) is 0.0588. The maximum Gasteiger partial charge on any atom is 0.258 e. The van der Waals surface area contributed by atoms with Crippen LogP contribution in [-0.4, -0.2) is 24.7 Å². The Balaban J connectivity index is 1.63. The van der Waals surface area contributed by atoms with Crippen molar-refractivity contribution in [3.05, 3.63) is 81.0 Å². The van der Waals surface area contributed by atoms with Gasteiger partial charge in [-0.2, -0.15) is 5.10 Å². The van der Waals surface area contributed by atoms with E-state index in [2.05, 4.69) is 36.0 Å². The van der Waals surface area contributed by atoms with Crippen molar-refractivity contribution in [2.45, 2.75) is 6.42 Å². The van der Waals surface area contributed by atoms with Crippen LogP contribution >= 0.6 is 15.9 Å². The van der Waals surface area contributed by atoms with Crippen molar-refractivity contribution in [1.82, 2.24) is 24.7 Å². The first-order chi connectivity index (χ1) is 12.1. The van der Waals surface area contributed by atoms with Gasteiger partial charge in [-0.15, -0.1) is 0 Å². The van der Waals surface area contributed by atoms with Crippen LogP contribution < -0.4 is 5.56 Å². The molecule has 0 saturated carbocycles. The van der Waals surface area contributed by atoms with Gasteiger partial charge in [-0.25, -0.2) is 19.0 Å². The number of hydrogen-bond donors (Lipinski definition) is 1. The third-order valence-electron chi connectivity index (χ3n) is 3.68. The molecule has 25 heavy (non-hydrogen) atoms. The summed E-state index contributed by atoms with van der Waals surface area (Å²) >= 11 is 3.35. The van der Waals surface area contributed by atoms with E-state index in [1.807, 2.05) is 12.1 Å². The SMILES string of the molecule is O=c1[nH]c(Cc2ccc(-n3cc(F)cn3)nc2)nc2ccc(Br)cc12. The number of H-pyrrole nitrogens is 1. The molecule has 124 valence electrons. The molecule has 0 saturated heterocycles. The van der Waals surface area contributed by atoms with Crippen LogP contribution in [0.4, 0.5) is 4.39 Å². The molecule has 3 aromatic heterocycles. The maximum atomic E-state index is 13.0. The predicted molar refractivity (Wildman–Crippen MR) is 94.2 cm³/mol. The van der Waals surface area contributed by atoms with E-state index in [1.54, 1.807) is 24.4 Å². The van der Waals surface area contributed by atoms with Crippen LogP contribution in [0.15, 0.2) is 58.2 Å². The minimum atomic E-state index is -0.421. The van der Waals surface area contributed by atoms with Gasteiger partial charge in [0.1, 0.15) is 5.82 Å². The van der Waals surface area contributed by atoms with Crippen LogP contribution in [0.5, 0.6) is 0 Å². The molecule has 3 heterocycles. The van der Waals surface area contributed by atoms with Crippen molar-refractivity contribution in [2.24, 2.45) is 0 Å². The highest BCUT2D eigenvalue weighted by Crippen LogP contribution is 2.16. The van der Waals surface area contributed by atoms with E-state index in [9.17, 15) is 9.18 Å².